The van der Waals surface area contributed by atoms with Crippen molar-refractivity contribution in [1.29, 1.82) is 0 Å². The Morgan fingerprint density at radius 1 is 0.867 bits per heavy atom. The molecule has 0 aliphatic rings. The molecule has 0 aliphatic heterocycles. The minimum Gasteiger partial charge on any atom is -0.457 e. The van der Waals surface area contributed by atoms with Gasteiger partial charge in [-0.2, -0.15) is 0 Å². The molecule has 1 unspecified atom stereocenters. The third kappa shape index (κ3) is 6.31. The van der Waals surface area contributed by atoms with Crippen LogP contribution in [0.25, 0.3) is 11.1 Å². The number of hydrogen-bond donors (Lipinski definition) is 0. The minimum absolute atomic E-state index is 0.137. The summed E-state index contributed by atoms with van der Waals surface area (Å²) in [5.74, 6) is -0.283. The summed E-state index contributed by atoms with van der Waals surface area (Å²) in [5.41, 5.74) is 6.03. The zero-order chi connectivity index (χ0) is 21.5. The number of carbonyl (C=O) groups is 1. The Morgan fingerprint density at radius 2 is 1.40 bits per heavy atom. The Kier molecular flexibility index (Phi) is 7.88. The molecular weight excluding hydrogens is 386 g/mol. The Bertz CT molecular complexity index is 937. The molecule has 2 nitrogen and oxygen atoms in total. The van der Waals surface area contributed by atoms with E-state index in [2.05, 4.69) is 74.5 Å². The number of aryl methyl sites for hydroxylation is 1. The first-order chi connectivity index (χ1) is 14.4. The predicted octanol–water partition coefficient (Wildman–Crippen LogP) is 6.35. The van der Waals surface area contributed by atoms with Crippen molar-refractivity contribution in [2.24, 2.45) is 11.8 Å². The first kappa shape index (κ1) is 22.3. The maximum atomic E-state index is 12.8. The standard InChI is InChI=1S/C26H28BO2P/c1-19-9-13-23(14-10-19)24-15-11-22(12-16-24)17-20(2)25(26(28)29-30(3)27)18-21-7-5-4-6-8-21/h4-16,20,25H,17-18H2,1-3H3/t20-,25-,30?/m0/s1. The molecule has 0 spiro atoms. The molecule has 0 amide bonds. The van der Waals surface area contributed by atoms with Crippen LogP contribution in [0, 0.1) is 18.8 Å². The minimum atomic E-state index is -1.21. The van der Waals surface area contributed by atoms with Gasteiger partial charge in [0.05, 0.1) is 5.92 Å². The SMILES string of the molecule is [B]P(C)OC(=O)[C@@H](Cc1ccccc1)[C@@H](C)Cc1ccc(-c2ccc(C)cc2)cc1. The second kappa shape index (κ2) is 10.6. The molecule has 4 heteroatoms. The normalized spacial score (nSPS) is 14.0. The molecular formula is C26H28BO2P. The van der Waals surface area contributed by atoms with Gasteiger partial charge in [-0.25, -0.2) is 0 Å². The van der Waals surface area contributed by atoms with Crippen LogP contribution in [0.2, 0.25) is 0 Å². The average Bonchev–Trinajstić information content (AvgIpc) is 2.73. The number of rotatable bonds is 8. The number of hydrogen-bond acceptors (Lipinski definition) is 2. The summed E-state index contributed by atoms with van der Waals surface area (Å²) in [6, 6.07) is 27.3. The average molecular weight is 414 g/mol. The van der Waals surface area contributed by atoms with E-state index in [0.29, 0.717) is 6.42 Å². The topological polar surface area (TPSA) is 26.3 Å². The van der Waals surface area contributed by atoms with Crippen LogP contribution in [0.15, 0.2) is 78.9 Å². The van der Waals surface area contributed by atoms with Gasteiger partial charge < -0.3 is 4.52 Å². The first-order valence-corrected chi connectivity index (χ1v) is 12.1. The van der Waals surface area contributed by atoms with Crippen LogP contribution >= 0.6 is 8.03 Å². The fourth-order valence-corrected chi connectivity index (χ4v) is 4.11. The molecule has 30 heavy (non-hydrogen) atoms. The van der Waals surface area contributed by atoms with Crippen LogP contribution in [0.4, 0.5) is 0 Å². The summed E-state index contributed by atoms with van der Waals surface area (Å²) in [6.07, 6.45) is 1.47. The van der Waals surface area contributed by atoms with Crippen LogP contribution in [0.3, 0.4) is 0 Å². The Balaban J connectivity index is 1.73. The molecule has 0 N–H and O–H groups in total. The van der Waals surface area contributed by atoms with Crippen LogP contribution < -0.4 is 0 Å². The van der Waals surface area contributed by atoms with Crippen molar-refractivity contribution in [3.8, 4) is 11.1 Å². The van der Waals surface area contributed by atoms with Crippen LogP contribution in [-0.4, -0.2) is 20.2 Å². The molecule has 3 atom stereocenters. The van der Waals surface area contributed by atoms with Gasteiger partial charge in [-0.1, -0.05) is 91.3 Å². The molecule has 0 saturated heterocycles. The summed E-state index contributed by atoms with van der Waals surface area (Å²) in [6.45, 7) is 5.97. The molecule has 0 bridgehead atoms. The van der Waals surface area contributed by atoms with Gasteiger partial charge in [-0.3, -0.25) is 4.79 Å². The Morgan fingerprint density at radius 3 is 1.97 bits per heavy atom. The van der Waals surface area contributed by atoms with Gasteiger partial charge >= 0.3 is 5.97 Å². The fourth-order valence-electron chi connectivity index (χ4n) is 3.69. The van der Waals surface area contributed by atoms with Crippen molar-refractivity contribution in [2.45, 2.75) is 26.7 Å². The van der Waals surface area contributed by atoms with Gasteiger partial charge in [0.15, 0.2) is 7.57 Å². The van der Waals surface area contributed by atoms with E-state index in [1.54, 1.807) is 6.66 Å². The van der Waals surface area contributed by atoms with Crippen LogP contribution in [0.1, 0.15) is 23.6 Å². The molecule has 0 fully saturated rings. The van der Waals surface area contributed by atoms with E-state index in [-0.39, 0.29) is 17.8 Å². The summed E-state index contributed by atoms with van der Waals surface area (Å²) in [7, 11) is 4.57. The molecule has 3 aromatic rings. The second-order valence-electron chi connectivity index (χ2n) is 8.00. The molecule has 0 saturated carbocycles. The van der Waals surface area contributed by atoms with E-state index < -0.39 is 8.03 Å². The quantitative estimate of drug-likeness (QED) is 0.317. The van der Waals surface area contributed by atoms with Gasteiger partial charge in [-0.05, 0) is 54.6 Å². The van der Waals surface area contributed by atoms with E-state index in [0.717, 1.165) is 12.0 Å². The Labute approximate surface area is 182 Å². The van der Waals surface area contributed by atoms with E-state index in [4.69, 9.17) is 12.1 Å². The van der Waals surface area contributed by atoms with Gasteiger partial charge in [0.25, 0.3) is 0 Å². The van der Waals surface area contributed by atoms with Crippen LogP contribution in [0.5, 0.6) is 0 Å². The van der Waals surface area contributed by atoms with Gasteiger partial charge in [0, 0.05) is 8.03 Å². The maximum absolute atomic E-state index is 12.8. The number of carbonyl (C=O) groups excluding carboxylic acids is 1. The highest BCUT2D eigenvalue weighted by Gasteiger charge is 2.27. The van der Waals surface area contributed by atoms with Crippen molar-refractivity contribution in [3.63, 3.8) is 0 Å². The van der Waals surface area contributed by atoms with Crippen molar-refractivity contribution in [1.82, 2.24) is 0 Å². The molecule has 0 aromatic heterocycles. The Hall–Kier alpha value is -2.38. The van der Waals surface area contributed by atoms with Gasteiger partial charge in [0.2, 0.25) is 0 Å². The van der Waals surface area contributed by atoms with Crippen molar-refractivity contribution < 1.29 is 9.32 Å². The van der Waals surface area contributed by atoms with Crippen molar-refractivity contribution in [2.75, 3.05) is 6.66 Å². The maximum Gasteiger partial charge on any atom is 0.311 e. The smallest absolute Gasteiger partial charge is 0.311 e. The van der Waals surface area contributed by atoms with E-state index >= 15 is 0 Å². The lowest BCUT2D eigenvalue weighted by atomic mass is 9.84. The predicted molar refractivity (Wildman–Crippen MR) is 128 cm³/mol. The molecule has 0 aliphatic carbocycles. The fraction of sp³-hybridized carbons (Fsp3) is 0.269. The van der Waals surface area contributed by atoms with Crippen LogP contribution in [-0.2, 0) is 22.2 Å². The zero-order valence-corrected chi connectivity index (χ0v) is 18.8. The largest absolute Gasteiger partial charge is 0.457 e. The van der Waals surface area contributed by atoms with Crippen molar-refractivity contribution >= 4 is 21.6 Å². The lowest BCUT2D eigenvalue weighted by Crippen LogP contribution is -2.26. The highest BCUT2D eigenvalue weighted by molar-refractivity contribution is 7.77. The molecule has 2 radical (unpaired) electrons. The number of benzene rings is 3. The van der Waals surface area contributed by atoms with Crippen molar-refractivity contribution in [3.05, 3.63) is 95.6 Å². The monoisotopic (exact) mass is 414 g/mol. The third-order valence-corrected chi connectivity index (χ3v) is 5.89. The molecule has 3 rings (SSSR count). The lowest BCUT2D eigenvalue weighted by molar-refractivity contribution is -0.139. The van der Waals surface area contributed by atoms with E-state index in [1.807, 2.05) is 18.2 Å². The lowest BCUT2D eigenvalue weighted by Gasteiger charge is -2.24. The third-order valence-electron chi connectivity index (χ3n) is 5.42. The van der Waals surface area contributed by atoms with E-state index in [9.17, 15) is 4.79 Å². The molecule has 0 heterocycles. The van der Waals surface area contributed by atoms with Gasteiger partial charge in [-0.15, -0.1) is 0 Å². The highest BCUT2D eigenvalue weighted by Crippen LogP contribution is 2.31. The summed E-state index contributed by atoms with van der Waals surface area (Å²) in [5, 5.41) is 0. The first-order valence-electron chi connectivity index (χ1n) is 10.3. The second-order valence-corrected chi connectivity index (χ2v) is 9.27. The molecule has 3 aromatic carbocycles. The zero-order valence-electron chi connectivity index (χ0n) is 17.9. The summed E-state index contributed by atoms with van der Waals surface area (Å²) in [4.78, 5) is 12.8. The van der Waals surface area contributed by atoms with E-state index in [1.165, 1.54) is 22.3 Å². The summed E-state index contributed by atoms with van der Waals surface area (Å²) >= 11 is 0. The highest BCUT2D eigenvalue weighted by atomic mass is 31.1. The van der Waals surface area contributed by atoms with Gasteiger partial charge in [0.1, 0.15) is 0 Å². The molecule has 152 valence electrons. The summed E-state index contributed by atoms with van der Waals surface area (Å²) < 4.78 is 5.43.